The van der Waals surface area contributed by atoms with Crippen LogP contribution in [0.3, 0.4) is 0 Å². The molecule has 1 aliphatic rings. The van der Waals surface area contributed by atoms with E-state index in [0.29, 0.717) is 6.04 Å². The number of carbonyl (C=O) groups excluding carboxylic acids is 1. The largest absolute Gasteiger partial charge is 0.335 e. The summed E-state index contributed by atoms with van der Waals surface area (Å²) in [7, 11) is 0. The third-order valence-electron chi connectivity index (χ3n) is 3.04. The number of carbonyl (C=O) groups is 1. The van der Waals surface area contributed by atoms with Crippen LogP contribution in [0.25, 0.3) is 0 Å². The molecule has 2 rings (SSSR count). The highest BCUT2D eigenvalue weighted by molar-refractivity contribution is 9.09. The minimum atomic E-state index is 0.223. The molecule has 88 valence electrons. The van der Waals surface area contributed by atoms with Crippen molar-refractivity contribution in [3.63, 3.8) is 0 Å². The SMILES string of the molecule is O=C(c1cccs1)N(CCCBr)C1CCC1. The van der Waals surface area contributed by atoms with Crippen LogP contribution in [0, 0.1) is 0 Å². The smallest absolute Gasteiger partial charge is 0.264 e. The van der Waals surface area contributed by atoms with Crippen molar-refractivity contribution in [3.8, 4) is 0 Å². The molecule has 0 spiro atoms. The van der Waals surface area contributed by atoms with Crippen molar-refractivity contribution in [2.24, 2.45) is 0 Å². The van der Waals surface area contributed by atoms with E-state index in [9.17, 15) is 4.79 Å². The molecule has 16 heavy (non-hydrogen) atoms. The minimum Gasteiger partial charge on any atom is -0.335 e. The summed E-state index contributed by atoms with van der Waals surface area (Å²) in [4.78, 5) is 15.2. The Balaban J connectivity index is 2.02. The van der Waals surface area contributed by atoms with E-state index < -0.39 is 0 Å². The highest BCUT2D eigenvalue weighted by atomic mass is 79.9. The Labute approximate surface area is 109 Å². The van der Waals surface area contributed by atoms with Gasteiger partial charge in [0.2, 0.25) is 0 Å². The predicted molar refractivity (Wildman–Crippen MR) is 71.4 cm³/mol. The summed E-state index contributed by atoms with van der Waals surface area (Å²) < 4.78 is 0. The molecule has 1 fully saturated rings. The third kappa shape index (κ3) is 2.66. The lowest BCUT2D eigenvalue weighted by Gasteiger charge is -2.37. The van der Waals surface area contributed by atoms with Gasteiger partial charge in [0.1, 0.15) is 0 Å². The molecule has 0 atom stereocenters. The normalized spacial score (nSPS) is 15.8. The Morgan fingerprint density at radius 2 is 2.38 bits per heavy atom. The van der Waals surface area contributed by atoms with Crippen molar-refractivity contribution in [2.75, 3.05) is 11.9 Å². The van der Waals surface area contributed by atoms with Crippen LogP contribution in [0.4, 0.5) is 0 Å². The summed E-state index contributed by atoms with van der Waals surface area (Å²) in [6, 6.07) is 4.36. The van der Waals surface area contributed by atoms with Gasteiger partial charge in [-0.1, -0.05) is 22.0 Å². The van der Waals surface area contributed by atoms with E-state index in [1.54, 1.807) is 11.3 Å². The van der Waals surface area contributed by atoms with Gasteiger partial charge in [-0.05, 0) is 37.1 Å². The Morgan fingerprint density at radius 3 is 2.88 bits per heavy atom. The van der Waals surface area contributed by atoms with Gasteiger partial charge in [0.05, 0.1) is 4.88 Å². The van der Waals surface area contributed by atoms with E-state index in [2.05, 4.69) is 20.8 Å². The van der Waals surface area contributed by atoms with Gasteiger partial charge in [-0.25, -0.2) is 0 Å². The van der Waals surface area contributed by atoms with Crippen molar-refractivity contribution in [1.29, 1.82) is 0 Å². The van der Waals surface area contributed by atoms with Crippen molar-refractivity contribution in [3.05, 3.63) is 22.4 Å². The maximum Gasteiger partial charge on any atom is 0.264 e. The fourth-order valence-corrected chi connectivity index (χ4v) is 2.85. The van der Waals surface area contributed by atoms with Crippen LogP contribution in [-0.2, 0) is 0 Å². The predicted octanol–water partition coefficient (Wildman–Crippen LogP) is 3.53. The van der Waals surface area contributed by atoms with Crippen LogP contribution < -0.4 is 0 Å². The zero-order chi connectivity index (χ0) is 11.4. The van der Waals surface area contributed by atoms with Gasteiger partial charge in [0.25, 0.3) is 5.91 Å². The number of rotatable bonds is 5. The zero-order valence-electron chi connectivity index (χ0n) is 9.19. The summed E-state index contributed by atoms with van der Waals surface area (Å²) in [5.74, 6) is 0.223. The Morgan fingerprint density at radius 1 is 1.56 bits per heavy atom. The molecule has 1 aromatic rings. The molecule has 0 saturated heterocycles. The molecular formula is C12H16BrNOS. The maximum atomic E-state index is 12.3. The van der Waals surface area contributed by atoms with E-state index >= 15 is 0 Å². The highest BCUT2D eigenvalue weighted by Gasteiger charge is 2.29. The molecule has 2 nitrogen and oxygen atoms in total. The van der Waals surface area contributed by atoms with Crippen LogP contribution in [0.2, 0.25) is 0 Å². The molecule has 4 heteroatoms. The average Bonchev–Trinajstić information content (AvgIpc) is 2.73. The molecule has 1 saturated carbocycles. The number of halogens is 1. The number of thiophene rings is 1. The third-order valence-corrected chi connectivity index (χ3v) is 4.46. The van der Waals surface area contributed by atoms with E-state index in [0.717, 1.165) is 23.2 Å². The van der Waals surface area contributed by atoms with Gasteiger partial charge in [-0.15, -0.1) is 11.3 Å². The molecule has 1 amide bonds. The van der Waals surface area contributed by atoms with Gasteiger partial charge < -0.3 is 4.90 Å². The quantitative estimate of drug-likeness (QED) is 0.762. The van der Waals surface area contributed by atoms with E-state index in [-0.39, 0.29) is 5.91 Å². The van der Waals surface area contributed by atoms with Crippen LogP contribution >= 0.6 is 27.3 Å². The number of alkyl halides is 1. The fraction of sp³-hybridized carbons (Fsp3) is 0.583. The number of amides is 1. The second kappa shape index (κ2) is 5.82. The molecule has 0 aliphatic heterocycles. The molecule has 0 aromatic carbocycles. The van der Waals surface area contributed by atoms with Crippen LogP contribution in [-0.4, -0.2) is 28.7 Å². The molecule has 1 aliphatic carbocycles. The lowest BCUT2D eigenvalue weighted by Crippen LogP contribution is -2.44. The minimum absolute atomic E-state index is 0.223. The summed E-state index contributed by atoms with van der Waals surface area (Å²) >= 11 is 4.97. The molecule has 1 aromatic heterocycles. The number of hydrogen-bond acceptors (Lipinski definition) is 2. The molecular weight excluding hydrogens is 286 g/mol. The summed E-state index contributed by atoms with van der Waals surface area (Å²) in [6.45, 7) is 0.882. The van der Waals surface area contributed by atoms with Crippen molar-refractivity contribution in [2.45, 2.75) is 31.7 Å². The van der Waals surface area contributed by atoms with Gasteiger partial charge in [-0.2, -0.15) is 0 Å². The van der Waals surface area contributed by atoms with Crippen molar-refractivity contribution < 1.29 is 4.79 Å². The van der Waals surface area contributed by atoms with Crippen LogP contribution in [0.15, 0.2) is 17.5 Å². The first-order valence-corrected chi connectivity index (χ1v) is 7.73. The van der Waals surface area contributed by atoms with Gasteiger partial charge in [-0.3, -0.25) is 4.79 Å². The molecule has 1 heterocycles. The first-order chi connectivity index (χ1) is 7.83. The monoisotopic (exact) mass is 301 g/mol. The lowest BCUT2D eigenvalue weighted by molar-refractivity contribution is 0.0586. The summed E-state index contributed by atoms with van der Waals surface area (Å²) in [5, 5.41) is 2.94. The standard InChI is InChI=1S/C12H16BrNOS/c13-7-3-8-14(10-4-1-5-10)12(15)11-6-2-9-16-11/h2,6,9-10H,1,3-5,7-8H2. The first kappa shape index (κ1) is 12.1. The van der Waals surface area contributed by atoms with Crippen molar-refractivity contribution >= 4 is 33.2 Å². The van der Waals surface area contributed by atoms with Crippen molar-refractivity contribution in [1.82, 2.24) is 4.90 Å². The number of nitrogens with zero attached hydrogens (tertiary/aromatic N) is 1. The second-order valence-corrected chi connectivity index (χ2v) is 5.84. The molecule has 0 unspecified atom stereocenters. The topological polar surface area (TPSA) is 20.3 Å². The average molecular weight is 302 g/mol. The fourth-order valence-electron chi connectivity index (χ4n) is 1.92. The molecule has 0 radical (unpaired) electrons. The van der Waals surface area contributed by atoms with Crippen LogP contribution in [0.5, 0.6) is 0 Å². The van der Waals surface area contributed by atoms with Crippen LogP contribution in [0.1, 0.15) is 35.4 Å². The van der Waals surface area contributed by atoms with Gasteiger partial charge in [0, 0.05) is 17.9 Å². The van der Waals surface area contributed by atoms with Gasteiger partial charge in [0.15, 0.2) is 0 Å². The Hall–Kier alpha value is -0.350. The summed E-state index contributed by atoms with van der Waals surface area (Å²) in [5.41, 5.74) is 0. The second-order valence-electron chi connectivity index (χ2n) is 4.10. The number of hydrogen-bond donors (Lipinski definition) is 0. The summed E-state index contributed by atoms with van der Waals surface area (Å²) in [6.07, 6.45) is 4.67. The highest BCUT2D eigenvalue weighted by Crippen LogP contribution is 2.27. The van der Waals surface area contributed by atoms with E-state index in [1.165, 1.54) is 19.3 Å². The molecule has 0 N–H and O–H groups in total. The Bertz CT molecular complexity index is 335. The lowest BCUT2D eigenvalue weighted by atomic mass is 9.91. The van der Waals surface area contributed by atoms with E-state index in [1.807, 2.05) is 17.5 Å². The zero-order valence-corrected chi connectivity index (χ0v) is 11.6. The van der Waals surface area contributed by atoms with E-state index in [4.69, 9.17) is 0 Å². The Kier molecular flexibility index (Phi) is 4.41. The first-order valence-electron chi connectivity index (χ1n) is 5.73. The molecule has 0 bridgehead atoms. The maximum absolute atomic E-state index is 12.3. The van der Waals surface area contributed by atoms with Gasteiger partial charge >= 0.3 is 0 Å².